The fourth-order valence-corrected chi connectivity index (χ4v) is 2.50. The van der Waals surface area contributed by atoms with E-state index in [9.17, 15) is 9.59 Å². The molecule has 2 aromatic rings. The maximum Gasteiger partial charge on any atom is 0.407 e. The molecule has 0 saturated heterocycles. The maximum atomic E-state index is 12.4. The van der Waals surface area contributed by atoms with Gasteiger partial charge in [-0.15, -0.1) is 0 Å². The van der Waals surface area contributed by atoms with Crippen molar-refractivity contribution in [1.29, 1.82) is 5.26 Å². The first-order valence-electron chi connectivity index (χ1n) is 8.22. The van der Waals surface area contributed by atoms with Crippen molar-refractivity contribution in [2.45, 2.75) is 32.2 Å². The Bertz CT molecular complexity index is 778. The van der Waals surface area contributed by atoms with Crippen LogP contribution >= 0.6 is 0 Å². The van der Waals surface area contributed by atoms with Crippen molar-refractivity contribution >= 4 is 22.9 Å². The van der Waals surface area contributed by atoms with Crippen LogP contribution in [0.25, 0.3) is 10.9 Å². The molecule has 1 heterocycles. The van der Waals surface area contributed by atoms with E-state index in [1.807, 2.05) is 31.2 Å². The summed E-state index contributed by atoms with van der Waals surface area (Å²) in [5.74, 6) is -0.486. The number of hydrogen-bond acceptors (Lipinski definition) is 4. The molecule has 0 aliphatic carbocycles. The summed E-state index contributed by atoms with van der Waals surface area (Å²) in [6.07, 6.45) is 4.85. The van der Waals surface area contributed by atoms with Gasteiger partial charge in [0.1, 0.15) is 6.04 Å². The van der Waals surface area contributed by atoms with E-state index in [1.165, 1.54) is 7.05 Å². The van der Waals surface area contributed by atoms with Crippen LogP contribution in [-0.2, 0) is 16.0 Å². The van der Waals surface area contributed by atoms with Crippen LogP contribution in [0.4, 0.5) is 4.79 Å². The Morgan fingerprint density at radius 1 is 1.40 bits per heavy atom. The number of aromatic amines is 1. The van der Waals surface area contributed by atoms with Gasteiger partial charge in [-0.05, 0) is 18.1 Å². The number of carbonyl (C=O) groups excluding carboxylic acids is 2. The van der Waals surface area contributed by atoms with Crippen LogP contribution in [0.1, 0.15) is 25.3 Å². The molecule has 2 rings (SSSR count). The second-order valence-corrected chi connectivity index (χ2v) is 5.75. The van der Waals surface area contributed by atoms with Crippen LogP contribution in [0, 0.1) is 11.5 Å². The van der Waals surface area contributed by atoms with E-state index in [1.54, 1.807) is 12.4 Å². The number of nitriles is 1. The zero-order chi connectivity index (χ0) is 18.2. The Hall–Kier alpha value is -3.01. The quantitative estimate of drug-likeness (QED) is 0.459. The number of aromatic nitrogens is 1. The van der Waals surface area contributed by atoms with E-state index in [0.29, 0.717) is 6.61 Å². The molecule has 7 heteroatoms. The zero-order valence-electron chi connectivity index (χ0n) is 14.4. The van der Waals surface area contributed by atoms with Crippen LogP contribution in [0.3, 0.4) is 0 Å². The second kappa shape index (κ2) is 8.73. The van der Waals surface area contributed by atoms with Gasteiger partial charge in [-0.2, -0.15) is 5.26 Å². The number of H-pyrrole nitrogens is 1. The summed E-state index contributed by atoms with van der Waals surface area (Å²) in [7, 11) is 1.37. The van der Waals surface area contributed by atoms with Gasteiger partial charge in [0.05, 0.1) is 6.61 Å². The molecule has 0 bridgehead atoms. The van der Waals surface area contributed by atoms with Crippen LogP contribution in [0.15, 0.2) is 30.5 Å². The molecule has 2 amide bonds. The van der Waals surface area contributed by atoms with Gasteiger partial charge in [-0.3, -0.25) is 9.69 Å². The van der Waals surface area contributed by atoms with Crippen molar-refractivity contribution in [3.05, 3.63) is 36.0 Å². The van der Waals surface area contributed by atoms with Crippen molar-refractivity contribution in [1.82, 2.24) is 15.2 Å². The van der Waals surface area contributed by atoms with Crippen LogP contribution in [0.5, 0.6) is 0 Å². The van der Waals surface area contributed by atoms with E-state index >= 15 is 0 Å². The van der Waals surface area contributed by atoms with Crippen molar-refractivity contribution < 1.29 is 14.3 Å². The number of nitrogens with zero attached hydrogens (tertiary/aromatic N) is 2. The number of hydrogen-bond donors (Lipinski definition) is 2. The predicted octanol–water partition coefficient (Wildman–Crippen LogP) is 2.54. The van der Waals surface area contributed by atoms with Gasteiger partial charge in [-0.25, -0.2) is 4.79 Å². The predicted molar refractivity (Wildman–Crippen MR) is 93.6 cm³/mol. The molecule has 0 spiro atoms. The summed E-state index contributed by atoms with van der Waals surface area (Å²) in [4.78, 5) is 28.4. The molecule has 1 unspecified atom stereocenters. The molecule has 1 aromatic carbocycles. The summed E-state index contributed by atoms with van der Waals surface area (Å²) in [6, 6.07) is 6.82. The van der Waals surface area contributed by atoms with Gasteiger partial charge in [0.2, 0.25) is 0 Å². The fourth-order valence-electron chi connectivity index (χ4n) is 2.50. The molecule has 0 aliphatic rings. The minimum atomic E-state index is -0.877. The number of ether oxygens (including phenoxy) is 1. The Kier molecular flexibility index (Phi) is 6.40. The number of benzene rings is 1. The number of fused-ring (bicyclic) bond motifs is 1. The molecule has 1 atom stereocenters. The Balaban J connectivity index is 2.15. The average Bonchev–Trinajstić information content (AvgIpc) is 3.03. The van der Waals surface area contributed by atoms with Crippen molar-refractivity contribution in [3.63, 3.8) is 0 Å². The van der Waals surface area contributed by atoms with E-state index in [4.69, 9.17) is 10.00 Å². The Morgan fingerprint density at radius 3 is 2.88 bits per heavy atom. The molecule has 2 N–H and O–H groups in total. The largest absolute Gasteiger partial charge is 0.450 e. The summed E-state index contributed by atoms with van der Waals surface area (Å²) >= 11 is 0. The van der Waals surface area contributed by atoms with Crippen LogP contribution in [-0.4, -0.2) is 41.6 Å². The molecule has 0 aliphatic heterocycles. The lowest BCUT2D eigenvalue weighted by molar-refractivity contribution is -0.129. The molecule has 25 heavy (non-hydrogen) atoms. The molecule has 0 saturated carbocycles. The lowest BCUT2D eigenvalue weighted by Gasteiger charge is -2.19. The standard InChI is InChI=1S/C18H22N4O3/c1-3-4-9-25-18(24)21-16(17(23)22(2)12-19)10-13-11-20-15-8-6-5-7-14(13)15/h5-8,11,16,20H,3-4,9-10H2,1-2H3,(H,21,24). The highest BCUT2D eigenvalue weighted by atomic mass is 16.5. The van der Waals surface area contributed by atoms with Gasteiger partial charge in [-0.1, -0.05) is 31.5 Å². The summed E-state index contributed by atoms with van der Waals surface area (Å²) in [5, 5.41) is 12.5. The third kappa shape index (κ3) is 4.73. The number of nitrogens with one attached hydrogen (secondary N) is 2. The minimum Gasteiger partial charge on any atom is -0.450 e. The normalized spacial score (nSPS) is 11.6. The fraction of sp³-hybridized carbons (Fsp3) is 0.389. The molecule has 0 radical (unpaired) electrons. The van der Waals surface area contributed by atoms with E-state index in [0.717, 1.165) is 34.2 Å². The van der Waals surface area contributed by atoms with Crippen molar-refractivity contribution in [3.8, 4) is 6.19 Å². The number of likely N-dealkylation sites (N-methyl/N-ethyl adjacent to an activating group) is 1. The van der Waals surface area contributed by atoms with Crippen molar-refractivity contribution in [2.75, 3.05) is 13.7 Å². The van der Waals surface area contributed by atoms with E-state index in [-0.39, 0.29) is 6.42 Å². The number of para-hydroxylation sites is 1. The number of unbranched alkanes of at least 4 members (excludes halogenated alkanes) is 1. The van der Waals surface area contributed by atoms with Gasteiger partial charge in [0.15, 0.2) is 6.19 Å². The molecule has 0 fully saturated rings. The first-order chi connectivity index (χ1) is 12.1. The van der Waals surface area contributed by atoms with Gasteiger partial charge < -0.3 is 15.0 Å². The number of carbonyl (C=O) groups is 2. The van der Waals surface area contributed by atoms with Gasteiger partial charge in [0.25, 0.3) is 5.91 Å². The Morgan fingerprint density at radius 2 is 2.16 bits per heavy atom. The monoisotopic (exact) mass is 342 g/mol. The maximum absolute atomic E-state index is 12.4. The van der Waals surface area contributed by atoms with Crippen molar-refractivity contribution in [2.24, 2.45) is 0 Å². The Labute approximate surface area is 146 Å². The highest BCUT2D eigenvalue weighted by Gasteiger charge is 2.26. The molecule has 7 nitrogen and oxygen atoms in total. The zero-order valence-corrected chi connectivity index (χ0v) is 14.4. The van der Waals surface area contributed by atoms with Crippen LogP contribution < -0.4 is 5.32 Å². The summed E-state index contributed by atoms with van der Waals surface area (Å²) < 4.78 is 5.07. The number of alkyl carbamates (subject to hydrolysis) is 1. The minimum absolute atomic E-state index is 0.262. The third-order valence-corrected chi connectivity index (χ3v) is 3.90. The third-order valence-electron chi connectivity index (χ3n) is 3.90. The van der Waals surface area contributed by atoms with Gasteiger partial charge in [0, 0.05) is 30.6 Å². The van der Waals surface area contributed by atoms with E-state index < -0.39 is 18.0 Å². The van der Waals surface area contributed by atoms with Crippen LogP contribution in [0.2, 0.25) is 0 Å². The number of amides is 2. The van der Waals surface area contributed by atoms with Gasteiger partial charge >= 0.3 is 6.09 Å². The molecular formula is C18H22N4O3. The highest BCUT2D eigenvalue weighted by molar-refractivity contribution is 5.88. The van der Waals surface area contributed by atoms with E-state index in [2.05, 4.69) is 10.3 Å². The topological polar surface area (TPSA) is 98.2 Å². The second-order valence-electron chi connectivity index (χ2n) is 5.75. The molecule has 1 aromatic heterocycles. The summed E-state index contributed by atoms with van der Waals surface area (Å²) in [5.41, 5.74) is 1.83. The summed E-state index contributed by atoms with van der Waals surface area (Å²) in [6.45, 7) is 2.29. The smallest absolute Gasteiger partial charge is 0.407 e. The molecule has 132 valence electrons. The first-order valence-corrected chi connectivity index (χ1v) is 8.22. The molecular weight excluding hydrogens is 320 g/mol. The average molecular weight is 342 g/mol. The lowest BCUT2D eigenvalue weighted by atomic mass is 10.0. The number of rotatable bonds is 7. The SMILES string of the molecule is CCCCOC(=O)NC(Cc1c[nH]c2ccccc12)C(=O)N(C)C#N. The lowest BCUT2D eigenvalue weighted by Crippen LogP contribution is -2.47. The first kappa shape index (κ1) is 18.3. The highest BCUT2D eigenvalue weighted by Crippen LogP contribution is 2.19.